The van der Waals surface area contributed by atoms with E-state index >= 15 is 0 Å². The van der Waals surface area contributed by atoms with Crippen LogP contribution in [0.3, 0.4) is 0 Å². The molecule has 4 rings (SSSR count). The summed E-state index contributed by atoms with van der Waals surface area (Å²) in [5, 5.41) is 6.57. The lowest BCUT2D eigenvalue weighted by molar-refractivity contribution is -0.118. The second-order valence-electron chi connectivity index (χ2n) is 8.14. The maximum absolute atomic E-state index is 12.6. The van der Waals surface area contributed by atoms with Gasteiger partial charge in [0.25, 0.3) is 0 Å². The van der Waals surface area contributed by atoms with E-state index in [1.807, 2.05) is 6.07 Å². The smallest absolute Gasteiger partial charge is 0.228 e. The number of benzene rings is 1. The van der Waals surface area contributed by atoms with Crippen LogP contribution in [0.15, 0.2) is 24.3 Å². The molecule has 28 heavy (non-hydrogen) atoms. The van der Waals surface area contributed by atoms with Gasteiger partial charge in [-0.15, -0.1) is 37.2 Å². The Morgan fingerprint density at radius 2 is 1.82 bits per heavy atom. The molecule has 2 N–H and O–H groups in total. The van der Waals surface area contributed by atoms with Crippen LogP contribution in [0.2, 0.25) is 0 Å². The molecule has 1 aromatic carbocycles. The molecular formula is C20H33Cl3N4O. The number of rotatable bonds is 4. The van der Waals surface area contributed by atoms with Crippen LogP contribution in [-0.2, 0) is 11.3 Å². The zero-order valence-electron chi connectivity index (χ0n) is 16.5. The SMILES string of the molecule is CN1CCN(Cc2cccc(NC(=O)C3CC34CCNCC4)c2)CC1.Cl.Cl.Cl. The van der Waals surface area contributed by atoms with Crippen molar-refractivity contribution in [2.24, 2.45) is 11.3 Å². The second-order valence-corrected chi connectivity index (χ2v) is 8.14. The van der Waals surface area contributed by atoms with Crippen molar-refractivity contribution in [3.05, 3.63) is 29.8 Å². The molecule has 3 fully saturated rings. The van der Waals surface area contributed by atoms with Gasteiger partial charge < -0.3 is 15.5 Å². The van der Waals surface area contributed by atoms with E-state index < -0.39 is 0 Å². The van der Waals surface area contributed by atoms with Gasteiger partial charge in [0.2, 0.25) is 5.91 Å². The summed E-state index contributed by atoms with van der Waals surface area (Å²) in [5.74, 6) is 0.439. The number of halogens is 3. The second kappa shape index (κ2) is 11.0. The highest BCUT2D eigenvalue weighted by Crippen LogP contribution is 2.58. The van der Waals surface area contributed by atoms with Gasteiger partial charge in [-0.05, 0) is 62.5 Å². The molecule has 0 radical (unpaired) electrons. The molecule has 0 aromatic heterocycles. The van der Waals surface area contributed by atoms with E-state index in [0.29, 0.717) is 5.41 Å². The number of piperidine rings is 1. The normalized spacial score (nSPS) is 23.7. The van der Waals surface area contributed by atoms with Gasteiger partial charge in [0.1, 0.15) is 0 Å². The number of anilines is 1. The molecule has 1 aliphatic carbocycles. The molecule has 1 unspecified atom stereocenters. The van der Waals surface area contributed by atoms with Crippen LogP contribution in [-0.4, -0.2) is 62.0 Å². The third-order valence-corrected chi connectivity index (χ3v) is 6.30. The standard InChI is InChI=1S/C20H30N4O.3ClH/c1-23-9-11-24(12-10-23)15-16-3-2-4-17(13-16)22-19(25)18-14-20(18)5-7-21-8-6-20;;;/h2-4,13,18,21H,5-12,14-15H2,1H3,(H,22,25);3*1H. The maximum Gasteiger partial charge on any atom is 0.228 e. The molecule has 2 aliphatic heterocycles. The van der Waals surface area contributed by atoms with Crippen LogP contribution in [0.5, 0.6) is 0 Å². The summed E-state index contributed by atoms with van der Waals surface area (Å²) < 4.78 is 0. The summed E-state index contributed by atoms with van der Waals surface area (Å²) >= 11 is 0. The van der Waals surface area contributed by atoms with Crippen LogP contribution in [0.4, 0.5) is 5.69 Å². The lowest BCUT2D eigenvalue weighted by atomic mass is 9.92. The summed E-state index contributed by atoms with van der Waals surface area (Å²) in [7, 11) is 2.18. The first-order chi connectivity index (χ1) is 12.1. The average Bonchev–Trinajstić information content (AvgIpc) is 3.31. The van der Waals surface area contributed by atoms with Gasteiger partial charge in [0.05, 0.1) is 0 Å². The van der Waals surface area contributed by atoms with Crippen molar-refractivity contribution >= 4 is 48.8 Å². The van der Waals surface area contributed by atoms with E-state index in [-0.39, 0.29) is 49.0 Å². The summed E-state index contributed by atoms with van der Waals surface area (Å²) in [5.41, 5.74) is 2.54. The van der Waals surface area contributed by atoms with Crippen LogP contribution in [0.25, 0.3) is 0 Å². The van der Waals surface area contributed by atoms with Crippen LogP contribution >= 0.6 is 37.2 Å². The first kappa shape index (κ1) is 25.5. The Balaban J connectivity index is 0.00000131. The highest BCUT2D eigenvalue weighted by molar-refractivity contribution is 5.95. The molecule has 160 valence electrons. The molecule has 1 aromatic rings. The Morgan fingerprint density at radius 3 is 2.50 bits per heavy atom. The van der Waals surface area contributed by atoms with Crippen molar-refractivity contribution in [2.45, 2.75) is 25.8 Å². The van der Waals surface area contributed by atoms with Gasteiger partial charge >= 0.3 is 0 Å². The van der Waals surface area contributed by atoms with Crippen molar-refractivity contribution in [2.75, 3.05) is 51.6 Å². The number of hydrogen-bond acceptors (Lipinski definition) is 4. The fourth-order valence-corrected chi connectivity index (χ4v) is 4.44. The summed E-state index contributed by atoms with van der Waals surface area (Å²) in [6.45, 7) is 7.59. The zero-order valence-corrected chi connectivity index (χ0v) is 18.9. The predicted molar refractivity (Wildman–Crippen MR) is 122 cm³/mol. The van der Waals surface area contributed by atoms with E-state index in [4.69, 9.17) is 0 Å². The zero-order chi connectivity index (χ0) is 17.3. The van der Waals surface area contributed by atoms with Crippen LogP contribution in [0.1, 0.15) is 24.8 Å². The van der Waals surface area contributed by atoms with Gasteiger partial charge in [-0.25, -0.2) is 0 Å². The number of carbonyl (C=O) groups is 1. The van der Waals surface area contributed by atoms with Crippen molar-refractivity contribution in [1.29, 1.82) is 0 Å². The highest BCUT2D eigenvalue weighted by Gasteiger charge is 2.57. The molecule has 1 saturated carbocycles. The monoisotopic (exact) mass is 450 g/mol. The molecule has 8 heteroatoms. The molecule has 1 atom stereocenters. The fraction of sp³-hybridized carbons (Fsp3) is 0.650. The van der Waals surface area contributed by atoms with Gasteiger partial charge in [0.15, 0.2) is 0 Å². The molecule has 3 aliphatic rings. The first-order valence-electron chi connectivity index (χ1n) is 9.66. The number of likely N-dealkylation sites (N-methyl/N-ethyl adjacent to an activating group) is 1. The Bertz CT molecular complexity index is 632. The molecule has 1 spiro atoms. The minimum absolute atomic E-state index is 0. The molecule has 1 amide bonds. The third-order valence-electron chi connectivity index (χ3n) is 6.30. The Hall–Kier alpha value is -0.560. The number of nitrogens with zero attached hydrogens (tertiary/aromatic N) is 2. The van der Waals surface area contributed by atoms with Crippen molar-refractivity contribution in [3.8, 4) is 0 Å². The van der Waals surface area contributed by atoms with Crippen LogP contribution in [0, 0.1) is 11.3 Å². The number of nitrogens with one attached hydrogen (secondary N) is 2. The fourth-order valence-electron chi connectivity index (χ4n) is 4.44. The molecule has 5 nitrogen and oxygen atoms in total. The Morgan fingerprint density at radius 1 is 1.14 bits per heavy atom. The minimum atomic E-state index is 0. The van der Waals surface area contributed by atoms with E-state index in [0.717, 1.165) is 70.8 Å². The van der Waals surface area contributed by atoms with Gasteiger partial charge in [-0.1, -0.05) is 12.1 Å². The largest absolute Gasteiger partial charge is 0.326 e. The third kappa shape index (κ3) is 5.97. The van der Waals surface area contributed by atoms with Gasteiger partial charge in [-0.3, -0.25) is 9.69 Å². The summed E-state index contributed by atoms with van der Waals surface area (Å²) in [6, 6.07) is 8.39. The maximum atomic E-state index is 12.6. The van der Waals surface area contributed by atoms with Gasteiger partial charge in [-0.2, -0.15) is 0 Å². The van der Waals surface area contributed by atoms with Gasteiger partial charge in [0, 0.05) is 44.3 Å². The first-order valence-corrected chi connectivity index (χ1v) is 9.66. The molecule has 0 bridgehead atoms. The lowest BCUT2D eigenvalue weighted by Crippen LogP contribution is -2.43. The summed E-state index contributed by atoms with van der Waals surface area (Å²) in [4.78, 5) is 17.5. The lowest BCUT2D eigenvalue weighted by Gasteiger charge is -2.32. The molecule has 2 saturated heterocycles. The van der Waals surface area contributed by atoms with E-state index in [1.165, 1.54) is 5.56 Å². The van der Waals surface area contributed by atoms with E-state index in [9.17, 15) is 4.79 Å². The highest BCUT2D eigenvalue weighted by atomic mass is 35.5. The van der Waals surface area contributed by atoms with Crippen LogP contribution < -0.4 is 10.6 Å². The average molecular weight is 452 g/mol. The van der Waals surface area contributed by atoms with E-state index in [2.05, 4.69) is 45.7 Å². The molecular weight excluding hydrogens is 419 g/mol. The van der Waals surface area contributed by atoms with Crippen molar-refractivity contribution in [1.82, 2.24) is 15.1 Å². The Labute approximate surface area is 187 Å². The van der Waals surface area contributed by atoms with E-state index in [1.54, 1.807) is 0 Å². The number of piperazine rings is 1. The van der Waals surface area contributed by atoms with Crippen molar-refractivity contribution < 1.29 is 4.79 Å². The minimum Gasteiger partial charge on any atom is -0.326 e. The number of carbonyl (C=O) groups excluding carboxylic acids is 1. The van der Waals surface area contributed by atoms with Crippen molar-refractivity contribution in [3.63, 3.8) is 0 Å². The quantitative estimate of drug-likeness (QED) is 0.739. The topological polar surface area (TPSA) is 47.6 Å². The number of hydrogen-bond donors (Lipinski definition) is 2. The summed E-state index contributed by atoms with van der Waals surface area (Å²) in [6.07, 6.45) is 3.37. The predicted octanol–water partition coefficient (Wildman–Crippen LogP) is 3.03. The molecule has 2 heterocycles. The number of amides is 1. The Kier molecular flexibility index (Phi) is 10.0.